The van der Waals surface area contributed by atoms with Gasteiger partial charge in [0, 0.05) is 11.6 Å². The lowest BCUT2D eigenvalue weighted by molar-refractivity contribution is -0.119. The zero-order chi connectivity index (χ0) is 24.5. The predicted octanol–water partition coefficient (Wildman–Crippen LogP) is 3.94. The van der Waals surface area contributed by atoms with Gasteiger partial charge in [-0.1, -0.05) is 75.0 Å². The van der Waals surface area contributed by atoms with Crippen molar-refractivity contribution in [1.29, 1.82) is 0 Å². The van der Waals surface area contributed by atoms with E-state index < -0.39 is 9.84 Å². The van der Waals surface area contributed by atoms with E-state index in [9.17, 15) is 13.2 Å². The molecule has 7 nitrogen and oxygen atoms in total. The standard InChI is InChI=1S/C25H30N4O3S2/c1-17-7-5-6-8-21(17)29-23(18-9-11-19(12-10-18)25(2,3)4)27-28-24(29)33-15-22(30)26-20-13-14-34(31,32)16-20/h5-12,20H,13-16H2,1-4H3,(H,26,30). The number of rotatable bonds is 6. The Labute approximate surface area is 205 Å². The van der Waals surface area contributed by atoms with Crippen LogP contribution in [0.1, 0.15) is 38.3 Å². The van der Waals surface area contributed by atoms with Crippen molar-refractivity contribution in [2.45, 2.75) is 50.7 Å². The van der Waals surface area contributed by atoms with E-state index in [1.165, 1.54) is 17.3 Å². The molecule has 3 aromatic rings. The Morgan fingerprint density at radius 3 is 2.44 bits per heavy atom. The Balaban J connectivity index is 1.60. The largest absolute Gasteiger partial charge is 0.352 e. The normalized spacial score (nSPS) is 17.6. The van der Waals surface area contributed by atoms with Crippen molar-refractivity contribution in [3.05, 3.63) is 59.7 Å². The number of para-hydroxylation sites is 1. The van der Waals surface area contributed by atoms with Crippen LogP contribution in [-0.4, -0.2) is 52.4 Å². The van der Waals surface area contributed by atoms with Crippen molar-refractivity contribution in [3.8, 4) is 17.1 Å². The molecule has 1 aliphatic heterocycles. The summed E-state index contributed by atoms with van der Waals surface area (Å²) >= 11 is 1.29. The van der Waals surface area contributed by atoms with Gasteiger partial charge in [0.05, 0.1) is 22.9 Å². The Morgan fingerprint density at radius 2 is 1.82 bits per heavy atom. The molecule has 0 spiro atoms. The first kappa shape index (κ1) is 24.5. The van der Waals surface area contributed by atoms with E-state index in [0.29, 0.717) is 17.4 Å². The number of hydrogen-bond donors (Lipinski definition) is 1. The summed E-state index contributed by atoms with van der Waals surface area (Å²) in [5, 5.41) is 12.3. The van der Waals surface area contributed by atoms with Gasteiger partial charge in [0.2, 0.25) is 5.91 Å². The van der Waals surface area contributed by atoms with Crippen LogP contribution in [0.25, 0.3) is 17.1 Å². The van der Waals surface area contributed by atoms with Gasteiger partial charge < -0.3 is 5.32 Å². The van der Waals surface area contributed by atoms with E-state index in [1.54, 1.807) is 0 Å². The molecule has 0 radical (unpaired) electrons. The number of carbonyl (C=O) groups is 1. The minimum absolute atomic E-state index is 0.0114. The summed E-state index contributed by atoms with van der Waals surface area (Å²) in [5.41, 5.74) is 4.24. The van der Waals surface area contributed by atoms with Gasteiger partial charge in [-0.3, -0.25) is 9.36 Å². The van der Waals surface area contributed by atoms with Gasteiger partial charge in [0.25, 0.3) is 0 Å². The first-order valence-electron chi connectivity index (χ1n) is 11.3. The lowest BCUT2D eigenvalue weighted by Crippen LogP contribution is -2.36. The number of aromatic nitrogens is 3. The number of benzene rings is 2. The van der Waals surface area contributed by atoms with Crippen molar-refractivity contribution >= 4 is 27.5 Å². The summed E-state index contributed by atoms with van der Waals surface area (Å²) in [7, 11) is -3.04. The van der Waals surface area contributed by atoms with E-state index in [4.69, 9.17) is 0 Å². The number of thioether (sulfide) groups is 1. The SMILES string of the molecule is Cc1ccccc1-n1c(SCC(=O)NC2CCS(=O)(=O)C2)nnc1-c1ccc(C(C)(C)C)cc1. The van der Waals surface area contributed by atoms with Gasteiger partial charge >= 0.3 is 0 Å². The zero-order valence-electron chi connectivity index (χ0n) is 19.9. The molecule has 1 N–H and O–H groups in total. The van der Waals surface area contributed by atoms with Crippen LogP contribution in [0, 0.1) is 6.92 Å². The molecule has 1 unspecified atom stereocenters. The average Bonchev–Trinajstić information content (AvgIpc) is 3.34. The van der Waals surface area contributed by atoms with E-state index in [2.05, 4.69) is 60.6 Å². The number of carbonyl (C=O) groups excluding carboxylic acids is 1. The van der Waals surface area contributed by atoms with Crippen LogP contribution in [0.5, 0.6) is 0 Å². The minimum atomic E-state index is -3.04. The van der Waals surface area contributed by atoms with Crippen LogP contribution in [0.2, 0.25) is 0 Å². The molecule has 1 amide bonds. The molecule has 0 aliphatic carbocycles. The molecule has 1 atom stereocenters. The maximum atomic E-state index is 12.5. The molecule has 1 aromatic heterocycles. The second-order valence-electron chi connectivity index (χ2n) is 9.71. The van der Waals surface area contributed by atoms with Gasteiger partial charge in [-0.2, -0.15) is 0 Å². The van der Waals surface area contributed by atoms with Gasteiger partial charge in [-0.25, -0.2) is 8.42 Å². The van der Waals surface area contributed by atoms with Gasteiger partial charge in [-0.15, -0.1) is 10.2 Å². The van der Waals surface area contributed by atoms with E-state index in [0.717, 1.165) is 16.8 Å². The molecule has 0 saturated carbocycles. The second-order valence-corrected chi connectivity index (χ2v) is 12.9. The van der Waals surface area contributed by atoms with Crippen LogP contribution >= 0.6 is 11.8 Å². The summed E-state index contributed by atoms with van der Waals surface area (Å²) < 4.78 is 25.3. The van der Waals surface area contributed by atoms with Gasteiger partial charge in [0.15, 0.2) is 20.8 Å². The van der Waals surface area contributed by atoms with Crippen molar-refractivity contribution in [2.75, 3.05) is 17.3 Å². The third-order valence-electron chi connectivity index (χ3n) is 5.93. The van der Waals surface area contributed by atoms with Crippen molar-refractivity contribution in [1.82, 2.24) is 20.1 Å². The van der Waals surface area contributed by atoms with Crippen LogP contribution < -0.4 is 5.32 Å². The first-order chi connectivity index (χ1) is 16.0. The quantitative estimate of drug-likeness (QED) is 0.518. The fourth-order valence-electron chi connectivity index (χ4n) is 4.01. The molecule has 2 heterocycles. The molecular formula is C25H30N4O3S2. The van der Waals surface area contributed by atoms with Crippen molar-refractivity contribution in [2.24, 2.45) is 0 Å². The fraction of sp³-hybridized carbons (Fsp3) is 0.400. The fourth-order valence-corrected chi connectivity index (χ4v) is 6.44. The molecule has 2 aromatic carbocycles. The lowest BCUT2D eigenvalue weighted by atomic mass is 9.87. The highest BCUT2D eigenvalue weighted by Crippen LogP contribution is 2.31. The Bertz CT molecular complexity index is 1290. The molecule has 0 bridgehead atoms. The Kier molecular flexibility index (Phi) is 6.87. The molecule has 34 heavy (non-hydrogen) atoms. The Morgan fingerprint density at radius 1 is 1.12 bits per heavy atom. The van der Waals surface area contributed by atoms with E-state index >= 15 is 0 Å². The van der Waals surface area contributed by atoms with Crippen LogP contribution in [0.4, 0.5) is 0 Å². The van der Waals surface area contributed by atoms with Crippen molar-refractivity contribution < 1.29 is 13.2 Å². The second kappa shape index (κ2) is 9.54. The average molecular weight is 499 g/mol. The summed E-state index contributed by atoms with van der Waals surface area (Å²) in [6.45, 7) is 8.57. The van der Waals surface area contributed by atoms with E-state index in [-0.39, 0.29) is 34.6 Å². The number of nitrogens with zero attached hydrogens (tertiary/aromatic N) is 3. The van der Waals surface area contributed by atoms with Crippen LogP contribution in [-0.2, 0) is 20.0 Å². The van der Waals surface area contributed by atoms with Gasteiger partial charge in [0.1, 0.15) is 0 Å². The highest BCUT2D eigenvalue weighted by atomic mass is 32.2. The molecule has 9 heteroatoms. The molecule has 1 saturated heterocycles. The molecule has 4 rings (SSSR count). The minimum Gasteiger partial charge on any atom is -0.352 e. The molecule has 1 aliphatic rings. The van der Waals surface area contributed by atoms with Gasteiger partial charge in [-0.05, 0) is 36.0 Å². The summed E-state index contributed by atoms with van der Waals surface area (Å²) in [6, 6.07) is 16.0. The third-order valence-corrected chi connectivity index (χ3v) is 8.63. The number of sulfone groups is 1. The highest BCUT2D eigenvalue weighted by Gasteiger charge is 2.29. The predicted molar refractivity (Wildman–Crippen MR) is 136 cm³/mol. The summed E-state index contributed by atoms with van der Waals surface area (Å²) in [6.07, 6.45) is 0.465. The summed E-state index contributed by atoms with van der Waals surface area (Å²) in [4.78, 5) is 12.5. The third kappa shape index (κ3) is 5.52. The van der Waals surface area contributed by atoms with Crippen LogP contribution in [0.15, 0.2) is 53.7 Å². The monoisotopic (exact) mass is 498 g/mol. The highest BCUT2D eigenvalue weighted by molar-refractivity contribution is 7.99. The molecule has 180 valence electrons. The zero-order valence-corrected chi connectivity index (χ0v) is 21.5. The van der Waals surface area contributed by atoms with Crippen molar-refractivity contribution in [3.63, 3.8) is 0 Å². The maximum absolute atomic E-state index is 12.5. The topological polar surface area (TPSA) is 94.0 Å². The number of aryl methyl sites for hydroxylation is 1. The lowest BCUT2D eigenvalue weighted by Gasteiger charge is -2.19. The molecular weight excluding hydrogens is 468 g/mol. The number of hydrogen-bond acceptors (Lipinski definition) is 6. The maximum Gasteiger partial charge on any atom is 0.230 e. The molecule has 1 fully saturated rings. The first-order valence-corrected chi connectivity index (χ1v) is 14.1. The Hall–Kier alpha value is -2.65. The number of amides is 1. The van der Waals surface area contributed by atoms with Crippen LogP contribution in [0.3, 0.4) is 0 Å². The van der Waals surface area contributed by atoms with E-state index in [1.807, 2.05) is 35.8 Å². The summed E-state index contributed by atoms with van der Waals surface area (Å²) in [5.74, 6) is 0.771. The number of nitrogens with one attached hydrogen (secondary N) is 1. The smallest absolute Gasteiger partial charge is 0.230 e.